The number of thiophene rings is 1. The Morgan fingerprint density at radius 1 is 1.39 bits per heavy atom. The lowest BCUT2D eigenvalue weighted by molar-refractivity contribution is 0.0935. The van der Waals surface area contributed by atoms with E-state index >= 15 is 0 Å². The lowest BCUT2D eigenvalue weighted by Crippen LogP contribution is -2.42. The highest BCUT2D eigenvalue weighted by Crippen LogP contribution is 2.31. The van der Waals surface area contributed by atoms with Crippen LogP contribution in [0.25, 0.3) is 0 Å². The predicted octanol–water partition coefficient (Wildman–Crippen LogP) is 2.87. The van der Waals surface area contributed by atoms with Crippen LogP contribution in [-0.4, -0.2) is 29.0 Å². The number of aryl methyl sites for hydroxylation is 1. The number of aromatic nitrogens is 1. The number of pyridine rings is 1. The normalized spacial score (nSPS) is 25.5. The number of rotatable bonds is 4. The SMILES string of the molecule is Cc1cc(Oc2ccc(C(=O)N[C@@H]3C[C@H]4CC[C@@H]3N4)s2)ccn1. The molecule has 2 fully saturated rings. The Hall–Kier alpha value is -1.92. The Labute approximate surface area is 139 Å². The minimum Gasteiger partial charge on any atom is -0.447 e. The number of hydrogen-bond donors (Lipinski definition) is 2. The molecule has 4 heterocycles. The van der Waals surface area contributed by atoms with Crippen molar-refractivity contribution in [3.05, 3.63) is 41.0 Å². The summed E-state index contributed by atoms with van der Waals surface area (Å²) in [6.45, 7) is 1.92. The van der Waals surface area contributed by atoms with Crippen LogP contribution in [0.5, 0.6) is 10.8 Å². The third-order valence-corrected chi connectivity index (χ3v) is 5.47. The van der Waals surface area contributed by atoms with Gasteiger partial charge in [-0.05, 0) is 44.4 Å². The Kier molecular flexibility index (Phi) is 3.79. The molecule has 0 aliphatic carbocycles. The first-order valence-electron chi connectivity index (χ1n) is 7.94. The minimum atomic E-state index is -0.00453. The van der Waals surface area contributed by atoms with E-state index in [0.29, 0.717) is 22.0 Å². The molecule has 4 rings (SSSR count). The van der Waals surface area contributed by atoms with Gasteiger partial charge >= 0.3 is 0 Å². The van der Waals surface area contributed by atoms with Crippen molar-refractivity contribution >= 4 is 17.2 Å². The molecule has 2 N–H and O–H groups in total. The lowest BCUT2D eigenvalue weighted by atomic mass is 9.95. The zero-order chi connectivity index (χ0) is 15.8. The van der Waals surface area contributed by atoms with Gasteiger partial charge in [0.1, 0.15) is 5.75 Å². The number of ether oxygens (including phenoxy) is 1. The van der Waals surface area contributed by atoms with Crippen LogP contribution in [0.2, 0.25) is 0 Å². The van der Waals surface area contributed by atoms with E-state index in [2.05, 4.69) is 15.6 Å². The maximum Gasteiger partial charge on any atom is 0.261 e. The molecule has 2 bridgehead atoms. The second-order valence-electron chi connectivity index (χ2n) is 6.22. The third kappa shape index (κ3) is 3.09. The Morgan fingerprint density at radius 2 is 2.30 bits per heavy atom. The number of carbonyl (C=O) groups is 1. The van der Waals surface area contributed by atoms with E-state index < -0.39 is 0 Å². The molecule has 0 unspecified atom stereocenters. The summed E-state index contributed by atoms with van der Waals surface area (Å²) in [5, 5.41) is 7.41. The quantitative estimate of drug-likeness (QED) is 0.905. The van der Waals surface area contributed by atoms with Crippen molar-refractivity contribution in [1.82, 2.24) is 15.6 Å². The van der Waals surface area contributed by atoms with Crippen LogP contribution in [0.1, 0.15) is 34.6 Å². The molecule has 1 amide bonds. The second kappa shape index (κ2) is 5.94. The average molecular weight is 329 g/mol. The summed E-state index contributed by atoms with van der Waals surface area (Å²) in [5.74, 6) is 0.735. The maximum atomic E-state index is 12.4. The molecule has 0 saturated carbocycles. The molecule has 0 spiro atoms. The number of nitrogens with zero attached hydrogens (tertiary/aromatic N) is 1. The monoisotopic (exact) mass is 329 g/mol. The van der Waals surface area contributed by atoms with Crippen molar-refractivity contribution in [2.75, 3.05) is 0 Å². The smallest absolute Gasteiger partial charge is 0.261 e. The maximum absolute atomic E-state index is 12.4. The van der Waals surface area contributed by atoms with Gasteiger partial charge in [-0.15, -0.1) is 0 Å². The van der Waals surface area contributed by atoms with Gasteiger partial charge in [-0.1, -0.05) is 11.3 Å². The summed E-state index contributed by atoms with van der Waals surface area (Å²) in [7, 11) is 0. The van der Waals surface area contributed by atoms with Gasteiger partial charge in [-0.2, -0.15) is 0 Å². The highest BCUT2D eigenvalue weighted by Gasteiger charge is 2.39. The van der Waals surface area contributed by atoms with Crippen molar-refractivity contribution < 1.29 is 9.53 Å². The molecule has 0 aromatic carbocycles. The van der Waals surface area contributed by atoms with Crippen molar-refractivity contribution in [1.29, 1.82) is 0 Å². The number of carbonyl (C=O) groups excluding carboxylic acids is 1. The molecule has 6 heteroatoms. The van der Waals surface area contributed by atoms with E-state index in [1.54, 1.807) is 6.20 Å². The molecule has 3 atom stereocenters. The largest absolute Gasteiger partial charge is 0.447 e. The Morgan fingerprint density at radius 3 is 3.04 bits per heavy atom. The summed E-state index contributed by atoms with van der Waals surface area (Å²) in [4.78, 5) is 17.2. The van der Waals surface area contributed by atoms with Crippen LogP contribution in [0.3, 0.4) is 0 Å². The van der Waals surface area contributed by atoms with Crippen molar-refractivity contribution in [3.63, 3.8) is 0 Å². The van der Waals surface area contributed by atoms with Gasteiger partial charge in [0.25, 0.3) is 5.91 Å². The van der Waals surface area contributed by atoms with Gasteiger partial charge in [0.2, 0.25) is 0 Å². The number of nitrogens with one attached hydrogen (secondary N) is 2. The zero-order valence-corrected chi connectivity index (χ0v) is 13.7. The molecule has 0 radical (unpaired) electrons. The van der Waals surface area contributed by atoms with E-state index in [1.807, 2.05) is 31.2 Å². The van der Waals surface area contributed by atoms with Crippen LogP contribution >= 0.6 is 11.3 Å². The summed E-state index contributed by atoms with van der Waals surface area (Å²) in [5.41, 5.74) is 0.904. The van der Waals surface area contributed by atoms with Gasteiger partial charge in [-0.25, -0.2) is 0 Å². The molecule has 2 aliphatic heterocycles. The molecular weight excluding hydrogens is 310 g/mol. The van der Waals surface area contributed by atoms with Crippen molar-refractivity contribution in [3.8, 4) is 10.8 Å². The number of fused-ring (bicyclic) bond motifs is 2. The van der Waals surface area contributed by atoms with Crippen LogP contribution in [-0.2, 0) is 0 Å². The van der Waals surface area contributed by atoms with Crippen LogP contribution in [0.4, 0.5) is 0 Å². The first-order valence-corrected chi connectivity index (χ1v) is 8.76. The molecular formula is C17H19N3O2S. The highest BCUT2D eigenvalue weighted by atomic mass is 32.1. The van der Waals surface area contributed by atoms with Crippen molar-refractivity contribution in [2.24, 2.45) is 0 Å². The van der Waals surface area contributed by atoms with Gasteiger partial charge in [0.05, 0.1) is 4.88 Å². The summed E-state index contributed by atoms with van der Waals surface area (Å²) < 4.78 is 5.80. The fourth-order valence-electron chi connectivity index (χ4n) is 3.42. The number of amides is 1. The highest BCUT2D eigenvalue weighted by molar-refractivity contribution is 7.15. The van der Waals surface area contributed by atoms with Crippen LogP contribution in [0.15, 0.2) is 30.5 Å². The summed E-state index contributed by atoms with van der Waals surface area (Å²) >= 11 is 1.37. The topological polar surface area (TPSA) is 63.2 Å². The van der Waals surface area contributed by atoms with Gasteiger partial charge in [0.15, 0.2) is 5.06 Å². The number of hydrogen-bond acceptors (Lipinski definition) is 5. The summed E-state index contributed by atoms with van der Waals surface area (Å²) in [6.07, 6.45) is 5.16. The van der Waals surface area contributed by atoms with E-state index in [4.69, 9.17) is 4.74 Å². The molecule has 5 nitrogen and oxygen atoms in total. The van der Waals surface area contributed by atoms with Gasteiger partial charge in [-0.3, -0.25) is 9.78 Å². The third-order valence-electron chi connectivity index (χ3n) is 4.51. The molecule has 2 aromatic heterocycles. The standard InChI is InChI=1S/C17H19N3O2S/c1-10-8-12(6-7-18-10)22-16-5-4-15(23-16)17(21)20-14-9-11-2-3-13(14)19-11/h4-8,11,13-14,19H,2-3,9H2,1H3,(H,20,21)/t11-,13+,14-/m1/s1. The minimum absolute atomic E-state index is 0.00453. The molecule has 2 aromatic rings. The van der Waals surface area contributed by atoms with E-state index in [-0.39, 0.29) is 11.9 Å². The Balaban J connectivity index is 1.40. The molecule has 120 valence electrons. The van der Waals surface area contributed by atoms with Crippen LogP contribution in [0, 0.1) is 6.92 Å². The van der Waals surface area contributed by atoms with E-state index in [9.17, 15) is 4.79 Å². The van der Waals surface area contributed by atoms with Gasteiger partial charge < -0.3 is 15.4 Å². The van der Waals surface area contributed by atoms with E-state index in [1.165, 1.54) is 17.8 Å². The summed E-state index contributed by atoms with van der Waals surface area (Å²) in [6, 6.07) is 8.64. The Bertz CT molecular complexity index is 730. The van der Waals surface area contributed by atoms with Crippen LogP contribution < -0.4 is 15.4 Å². The zero-order valence-electron chi connectivity index (χ0n) is 12.9. The van der Waals surface area contributed by atoms with Gasteiger partial charge in [0, 0.05) is 36.1 Å². The molecule has 2 aliphatic rings. The molecule has 2 saturated heterocycles. The second-order valence-corrected chi connectivity index (χ2v) is 7.26. The molecule has 23 heavy (non-hydrogen) atoms. The lowest BCUT2D eigenvalue weighted by Gasteiger charge is -2.20. The first-order chi connectivity index (χ1) is 11.2. The van der Waals surface area contributed by atoms with Crippen molar-refractivity contribution in [2.45, 2.75) is 44.3 Å². The average Bonchev–Trinajstić information content (AvgIpc) is 3.23. The fraction of sp³-hybridized carbons (Fsp3) is 0.412. The predicted molar refractivity (Wildman–Crippen MR) is 89.2 cm³/mol. The van der Waals surface area contributed by atoms with E-state index in [0.717, 1.165) is 24.3 Å². The first kappa shape index (κ1) is 14.7. The fourth-order valence-corrected chi connectivity index (χ4v) is 4.20.